The normalized spacial score (nSPS) is 11.4. The predicted molar refractivity (Wildman–Crippen MR) is 136 cm³/mol. The monoisotopic (exact) mass is 416 g/mol. The Bertz CT molecular complexity index is 1490. The molecule has 3 aromatic carbocycles. The predicted octanol–water partition coefficient (Wildman–Crippen LogP) is 7.97. The topological polar surface area (TPSA) is 25.8 Å². The van der Waals surface area contributed by atoms with Crippen molar-refractivity contribution < 1.29 is 0 Å². The van der Waals surface area contributed by atoms with Crippen LogP contribution in [0.5, 0.6) is 0 Å². The zero-order valence-corrected chi connectivity index (χ0v) is 19.7. The van der Waals surface area contributed by atoms with Gasteiger partial charge < -0.3 is 0 Å². The van der Waals surface area contributed by atoms with E-state index in [4.69, 9.17) is 9.97 Å². The van der Waals surface area contributed by atoms with Crippen molar-refractivity contribution in [3.63, 3.8) is 0 Å². The Kier molecular flexibility index (Phi) is 4.82. The van der Waals surface area contributed by atoms with Gasteiger partial charge in [0.1, 0.15) is 0 Å². The number of pyridine rings is 2. The highest BCUT2D eigenvalue weighted by Gasteiger charge is 2.19. The zero-order valence-electron chi connectivity index (χ0n) is 19.7. The van der Waals surface area contributed by atoms with Crippen LogP contribution in [0.4, 0.5) is 0 Å². The molecule has 2 aromatic heterocycles. The first kappa shape index (κ1) is 20.4. The summed E-state index contributed by atoms with van der Waals surface area (Å²) >= 11 is 0. The first-order chi connectivity index (χ1) is 15.4. The van der Waals surface area contributed by atoms with Crippen molar-refractivity contribution in [3.8, 4) is 22.4 Å². The van der Waals surface area contributed by atoms with Gasteiger partial charge in [0, 0.05) is 22.5 Å². The molecule has 2 heterocycles. The molecule has 2 heteroatoms. The number of nitrogens with zero attached hydrogens (tertiary/aromatic N) is 2. The summed E-state index contributed by atoms with van der Waals surface area (Å²) < 4.78 is 0. The van der Waals surface area contributed by atoms with E-state index < -0.39 is 0 Å². The molecule has 0 bridgehead atoms. The third kappa shape index (κ3) is 3.02. The fourth-order valence-corrected chi connectivity index (χ4v) is 4.87. The van der Waals surface area contributed by atoms with E-state index >= 15 is 0 Å². The molecule has 2 nitrogen and oxygen atoms in total. The van der Waals surface area contributed by atoms with Gasteiger partial charge in [0.2, 0.25) is 0 Å². The van der Waals surface area contributed by atoms with Crippen LogP contribution in [0.25, 0.3) is 44.2 Å². The molecular weight excluding hydrogens is 388 g/mol. The number of fused-ring (bicyclic) bond motifs is 3. The minimum absolute atomic E-state index is 1.01. The SMILES string of the molecule is Cc1cnc2c(c1C)c(C)c(C)c1c(C)c(C)c(-c3ccc(-c4ccccc4)cc3)nc12. The summed E-state index contributed by atoms with van der Waals surface area (Å²) in [6.07, 6.45) is 1.98. The van der Waals surface area contributed by atoms with Crippen LogP contribution < -0.4 is 0 Å². The van der Waals surface area contributed by atoms with Gasteiger partial charge in [-0.05, 0) is 86.1 Å². The quantitative estimate of drug-likeness (QED) is 0.273. The molecule has 0 fully saturated rings. The van der Waals surface area contributed by atoms with E-state index in [1.807, 2.05) is 12.3 Å². The lowest BCUT2D eigenvalue weighted by atomic mass is 9.90. The van der Waals surface area contributed by atoms with E-state index in [1.165, 1.54) is 55.3 Å². The third-order valence-electron chi connectivity index (χ3n) is 7.15. The van der Waals surface area contributed by atoms with Gasteiger partial charge in [-0.2, -0.15) is 0 Å². The number of aryl methyl sites for hydroxylation is 5. The van der Waals surface area contributed by atoms with E-state index in [-0.39, 0.29) is 0 Å². The van der Waals surface area contributed by atoms with Crippen LogP contribution in [0.2, 0.25) is 0 Å². The van der Waals surface area contributed by atoms with Crippen LogP contribution in [0.3, 0.4) is 0 Å². The summed E-state index contributed by atoms with van der Waals surface area (Å²) in [4.78, 5) is 10.1. The van der Waals surface area contributed by atoms with Crippen LogP contribution in [0.15, 0.2) is 60.8 Å². The molecule has 5 rings (SSSR count). The van der Waals surface area contributed by atoms with Crippen LogP contribution >= 0.6 is 0 Å². The minimum Gasteiger partial charge on any atom is -0.254 e. The Hall–Kier alpha value is -3.52. The average Bonchev–Trinajstić information content (AvgIpc) is 2.82. The number of aromatic nitrogens is 2. The van der Waals surface area contributed by atoms with Crippen LogP contribution in [0.1, 0.15) is 33.4 Å². The standard InChI is InChI=1S/C30H28N2/c1-17-16-31-29-26(18(17)2)19(3)20(4)27-21(5)22(6)28(32-30(27)29)25-14-12-24(13-15-25)23-10-8-7-9-11-23/h7-16H,1-6H3. The van der Waals surface area contributed by atoms with E-state index in [9.17, 15) is 0 Å². The Balaban J connectivity index is 1.78. The highest BCUT2D eigenvalue weighted by Crippen LogP contribution is 2.38. The minimum atomic E-state index is 1.01. The second-order valence-electron chi connectivity index (χ2n) is 8.92. The first-order valence-electron chi connectivity index (χ1n) is 11.2. The summed E-state index contributed by atoms with van der Waals surface area (Å²) in [7, 11) is 0. The van der Waals surface area contributed by atoms with Crippen LogP contribution in [-0.2, 0) is 0 Å². The number of rotatable bonds is 2. The Morgan fingerprint density at radius 1 is 0.500 bits per heavy atom. The fraction of sp³-hybridized carbons (Fsp3) is 0.200. The van der Waals surface area contributed by atoms with Crippen molar-refractivity contribution in [1.29, 1.82) is 0 Å². The second kappa shape index (κ2) is 7.56. The first-order valence-corrected chi connectivity index (χ1v) is 11.2. The van der Waals surface area contributed by atoms with Crippen molar-refractivity contribution >= 4 is 21.8 Å². The summed E-state index contributed by atoms with van der Waals surface area (Å²) in [6, 6.07) is 19.3. The maximum absolute atomic E-state index is 5.25. The van der Waals surface area contributed by atoms with Crippen molar-refractivity contribution in [1.82, 2.24) is 9.97 Å². The average molecular weight is 417 g/mol. The van der Waals surface area contributed by atoms with Gasteiger partial charge in [0.25, 0.3) is 0 Å². The molecule has 0 saturated heterocycles. The van der Waals surface area contributed by atoms with Gasteiger partial charge in [-0.15, -0.1) is 0 Å². The van der Waals surface area contributed by atoms with Gasteiger partial charge in [-0.1, -0.05) is 54.6 Å². The molecule has 32 heavy (non-hydrogen) atoms. The van der Waals surface area contributed by atoms with Crippen molar-refractivity contribution in [2.45, 2.75) is 41.5 Å². The van der Waals surface area contributed by atoms with Crippen molar-refractivity contribution in [2.75, 3.05) is 0 Å². The fourth-order valence-electron chi connectivity index (χ4n) is 4.87. The Labute approximate surface area is 190 Å². The number of hydrogen-bond donors (Lipinski definition) is 0. The summed E-state index contributed by atoms with van der Waals surface area (Å²) in [5, 5.41) is 2.49. The smallest absolute Gasteiger partial charge is 0.0977 e. The van der Waals surface area contributed by atoms with Gasteiger partial charge in [0.15, 0.2) is 0 Å². The lowest BCUT2D eigenvalue weighted by molar-refractivity contribution is 1.23. The molecule has 0 atom stereocenters. The van der Waals surface area contributed by atoms with Gasteiger partial charge in [-0.3, -0.25) is 4.98 Å². The lowest BCUT2D eigenvalue weighted by Crippen LogP contribution is -2.01. The molecule has 0 saturated carbocycles. The van der Waals surface area contributed by atoms with Gasteiger partial charge in [-0.25, -0.2) is 4.98 Å². The molecule has 0 spiro atoms. The maximum Gasteiger partial charge on any atom is 0.0977 e. The molecule has 0 aliphatic carbocycles. The maximum atomic E-state index is 5.25. The molecule has 0 aliphatic rings. The molecule has 0 radical (unpaired) electrons. The van der Waals surface area contributed by atoms with Gasteiger partial charge >= 0.3 is 0 Å². The summed E-state index contributed by atoms with van der Waals surface area (Å²) in [5.74, 6) is 0. The largest absolute Gasteiger partial charge is 0.254 e. The number of benzene rings is 3. The molecule has 0 unspecified atom stereocenters. The highest BCUT2D eigenvalue weighted by molar-refractivity contribution is 6.09. The van der Waals surface area contributed by atoms with Crippen LogP contribution in [0, 0.1) is 41.5 Å². The summed E-state index contributed by atoms with van der Waals surface area (Å²) in [6.45, 7) is 13.2. The molecule has 0 amide bonds. The van der Waals surface area contributed by atoms with E-state index in [1.54, 1.807) is 0 Å². The van der Waals surface area contributed by atoms with Crippen molar-refractivity contribution in [3.05, 3.63) is 94.2 Å². The van der Waals surface area contributed by atoms with Crippen molar-refractivity contribution in [2.24, 2.45) is 0 Å². The van der Waals surface area contributed by atoms with E-state index in [2.05, 4.69) is 90.1 Å². The highest BCUT2D eigenvalue weighted by atomic mass is 14.8. The molecule has 0 N–H and O–H groups in total. The van der Waals surface area contributed by atoms with E-state index in [0.717, 1.165) is 22.3 Å². The Morgan fingerprint density at radius 2 is 1.03 bits per heavy atom. The summed E-state index contributed by atoms with van der Waals surface area (Å²) in [5.41, 5.74) is 14.3. The molecule has 5 aromatic rings. The third-order valence-corrected chi connectivity index (χ3v) is 7.15. The van der Waals surface area contributed by atoms with Gasteiger partial charge in [0.05, 0.1) is 16.7 Å². The zero-order chi connectivity index (χ0) is 22.6. The van der Waals surface area contributed by atoms with E-state index in [0.29, 0.717) is 0 Å². The Morgan fingerprint density at radius 3 is 1.69 bits per heavy atom. The molecular formula is C30H28N2. The molecule has 158 valence electrons. The lowest BCUT2D eigenvalue weighted by Gasteiger charge is -2.19. The second-order valence-corrected chi connectivity index (χ2v) is 8.92. The molecule has 0 aliphatic heterocycles. The van der Waals surface area contributed by atoms with Crippen LogP contribution in [-0.4, -0.2) is 9.97 Å². The number of hydrogen-bond acceptors (Lipinski definition) is 2.